The SMILES string of the molecule is N#Cc1ccc(C=C2c3ccccc3CCc3ccccc32)cc1. The largest absolute Gasteiger partial charge is 0.192 e. The zero-order valence-electron chi connectivity index (χ0n) is 13.4. The fourth-order valence-corrected chi connectivity index (χ4v) is 3.39. The highest BCUT2D eigenvalue weighted by Crippen LogP contribution is 2.34. The molecule has 1 aliphatic carbocycles. The molecule has 0 spiro atoms. The van der Waals surface area contributed by atoms with Gasteiger partial charge in [0.25, 0.3) is 0 Å². The molecule has 1 heteroatoms. The van der Waals surface area contributed by atoms with E-state index in [0.29, 0.717) is 5.56 Å². The van der Waals surface area contributed by atoms with E-state index in [1.54, 1.807) is 0 Å². The van der Waals surface area contributed by atoms with Gasteiger partial charge in [-0.15, -0.1) is 0 Å². The third-order valence-electron chi connectivity index (χ3n) is 4.63. The van der Waals surface area contributed by atoms with Crippen LogP contribution in [-0.2, 0) is 12.8 Å². The average molecular weight is 307 g/mol. The minimum Gasteiger partial charge on any atom is -0.192 e. The third-order valence-corrected chi connectivity index (χ3v) is 4.63. The minimum atomic E-state index is 0.693. The van der Waals surface area contributed by atoms with Crippen molar-refractivity contribution in [3.05, 3.63) is 106 Å². The van der Waals surface area contributed by atoms with Crippen molar-refractivity contribution in [2.45, 2.75) is 12.8 Å². The number of rotatable bonds is 1. The number of aryl methyl sites for hydroxylation is 2. The zero-order chi connectivity index (χ0) is 16.4. The van der Waals surface area contributed by atoms with E-state index in [1.165, 1.54) is 27.8 Å². The Kier molecular flexibility index (Phi) is 3.73. The molecule has 4 rings (SSSR count). The molecule has 0 aromatic heterocycles. The first kappa shape index (κ1) is 14.5. The van der Waals surface area contributed by atoms with E-state index in [-0.39, 0.29) is 0 Å². The van der Waals surface area contributed by atoms with Crippen molar-refractivity contribution in [2.24, 2.45) is 0 Å². The Morgan fingerprint density at radius 3 is 1.79 bits per heavy atom. The molecule has 0 fully saturated rings. The lowest BCUT2D eigenvalue weighted by Gasteiger charge is -2.12. The average Bonchev–Trinajstić information content (AvgIpc) is 2.80. The van der Waals surface area contributed by atoms with Crippen molar-refractivity contribution < 1.29 is 0 Å². The quantitative estimate of drug-likeness (QED) is 0.602. The van der Waals surface area contributed by atoms with Crippen LogP contribution in [0.1, 0.15) is 33.4 Å². The number of nitrogens with zero attached hydrogens (tertiary/aromatic N) is 1. The van der Waals surface area contributed by atoms with Crippen molar-refractivity contribution in [2.75, 3.05) is 0 Å². The summed E-state index contributed by atoms with van der Waals surface area (Å²) in [6.07, 6.45) is 4.37. The molecular formula is C23H17N. The topological polar surface area (TPSA) is 23.8 Å². The molecule has 0 aliphatic heterocycles. The second kappa shape index (κ2) is 6.18. The van der Waals surface area contributed by atoms with E-state index >= 15 is 0 Å². The zero-order valence-corrected chi connectivity index (χ0v) is 13.4. The van der Waals surface area contributed by atoms with Gasteiger partial charge in [-0.2, -0.15) is 5.26 Å². The predicted molar refractivity (Wildman–Crippen MR) is 98.4 cm³/mol. The highest BCUT2D eigenvalue weighted by Gasteiger charge is 2.17. The molecule has 0 heterocycles. The number of fused-ring (bicyclic) bond motifs is 2. The summed E-state index contributed by atoms with van der Waals surface area (Å²) in [5.74, 6) is 0. The van der Waals surface area contributed by atoms with Crippen LogP contribution in [0.15, 0.2) is 72.8 Å². The van der Waals surface area contributed by atoms with Crippen molar-refractivity contribution in [3.8, 4) is 6.07 Å². The van der Waals surface area contributed by atoms with E-state index in [1.807, 2.05) is 24.3 Å². The first-order valence-corrected chi connectivity index (χ1v) is 8.23. The van der Waals surface area contributed by atoms with Gasteiger partial charge in [0, 0.05) is 0 Å². The third kappa shape index (κ3) is 2.64. The van der Waals surface area contributed by atoms with Crippen molar-refractivity contribution in [3.63, 3.8) is 0 Å². The van der Waals surface area contributed by atoms with E-state index in [2.05, 4.69) is 60.7 Å². The first-order chi connectivity index (χ1) is 11.8. The lowest BCUT2D eigenvalue weighted by Crippen LogP contribution is -1.92. The monoisotopic (exact) mass is 307 g/mol. The lowest BCUT2D eigenvalue weighted by atomic mass is 9.92. The molecule has 3 aromatic rings. The highest BCUT2D eigenvalue weighted by atomic mass is 14.2. The summed E-state index contributed by atoms with van der Waals surface area (Å²) in [6.45, 7) is 0. The first-order valence-electron chi connectivity index (χ1n) is 8.23. The summed E-state index contributed by atoms with van der Waals surface area (Å²) in [4.78, 5) is 0. The van der Waals surface area contributed by atoms with Crippen LogP contribution in [0.2, 0.25) is 0 Å². The molecule has 0 amide bonds. The molecule has 0 unspecified atom stereocenters. The molecule has 0 bridgehead atoms. The fourth-order valence-electron chi connectivity index (χ4n) is 3.39. The maximum Gasteiger partial charge on any atom is 0.0991 e. The molecular weight excluding hydrogens is 290 g/mol. The maximum atomic E-state index is 8.98. The van der Waals surface area contributed by atoms with Crippen LogP contribution in [0.25, 0.3) is 11.6 Å². The molecule has 114 valence electrons. The minimum absolute atomic E-state index is 0.693. The molecule has 1 aliphatic rings. The van der Waals surface area contributed by atoms with Gasteiger partial charge in [-0.1, -0.05) is 60.7 Å². The van der Waals surface area contributed by atoms with E-state index < -0.39 is 0 Å². The van der Waals surface area contributed by atoms with Gasteiger partial charge in [0.15, 0.2) is 0 Å². The normalized spacial score (nSPS) is 12.5. The molecule has 0 N–H and O–H groups in total. The van der Waals surface area contributed by atoms with Gasteiger partial charge < -0.3 is 0 Å². The van der Waals surface area contributed by atoms with E-state index in [0.717, 1.165) is 18.4 Å². The summed E-state index contributed by atoms with van der Waals surface area (Å²) in [6, 6.07) is 27.3. The Morgan fingerprint density at radius 2 is 1.25 bits per heavy atom. The van der Waals surface area contributed by atoms with Crippen LogP contribution in [0.3, 0.4) is 0 Å². The van der Waals surface area contributed by atoms with Gasteiger partial charge in [-0.25, -0.2) is 0 Å². The van der Waals surface area contributed by atoms with Gasteiger partial charge >= 0.3 is 0 Å². The van der Waals surface area contributed by atoms with Crippen LogP contribution >= 0.6 is 0 Å². The van der Waals surface area contributed by atoms with E-state index in [9.17, 15) is 0 Å². The number of hydrogen-bond donors (Lipinski definition) is 0. The summed E-state index contributed by atoms with van der Waals surface area (Å²) in [7, 11) is 0. The van der Waals surface area contributed by atoms with Crippen LogP contribution in [0, 0.1) is 11.3 Å². The molecule has 3 aromatic carbocycles. The van der Waals surface area contributed by atoms with Crippen LogP contribution in [0.4, 0.5) is 0 Å². The Bertz CT molecular complexity index is 906. The van der Waals surface area contributed by atoms with Gasteiger partial charge in [0.1, 0.15) is 0 Å². The summed E-state index contributed by atoms with van der Waals surface area (Å²) < 4.78 is 0. The molecule has 0 saturated carbocycles. The Labute approximate surface area is 142 Å². The number of nitriles is 1. The molecule has 0 saturated heterocycles. The van der Waals surface area contributed by atoms with Crippen molar-refractivity contribution in [1.29, 1.82) is 5.26 Å². The standard InChI is InChI=1S/C23H17N/c24-16-18-11-9-17(10-12-18)15-23-21-7-3-1-5-19(21)13-14-20-6-2-4-8-22(20)23/h1-12,15H,13-14H2. The highest BCUT2D eigenvalue weighted by molar-refractivity contribution is 5.94. The van der Waals surface area contributed by atoms with Crippen LogP contribution < -0.4 is 0 Å². The number of hydrogen-bond acceptors (Lipinski definition) is 1. The van der Waals surface area contributed by atoms with Crippen LogP contribution in [-0.4, -0.2) is 0 Å². The Balaban J connectivity index is 1.92. The maximum absolute atomic E-state index is 8.98. The molecule has 0 radical (unpaired) electrons. The van der Waals surface area contributed by atoms with E-state index in [4.69, 9.17) is 5.26 Å². The molecule has 24 heavy (non-hydrogen) atoms. The summed E-state index contributed by atoms with van der Waals surface area (Å²) >= 11 is 0. The number of benzene rings is 3. The predicted octanol–water partition coefficient (Wildman–Crippen LogP) is 5.25. The summed E-state index contributed by atoms with van der Waals surface area (Å²) in [5, 5.41) is 8.98. The lowest BCUT2D eigenvalue weighted by molar-refractivity contribution is 0.965. The van der Waals surface area contributed by atoms with Crippen molar-refractivity contribution in [1.82, 2.24) is 0 Å². The van der Waals surface area contributed by atoms with Gasteiger partial charge in [0.05, 0.1) is 11.6 Å². The Hall–Kier alpha value is -3.11. The van der Waals surface area contributed by atoms with Gasteiger partial charge in [-0.3, -0.25) is 0 Å². The van der Waals surface area contributed by atoms with Gasteiger partial charge in [-0.05, 0) is 64.4 Å². The fraction of sp³-hybridized carbons (Fsp3) is 0.0870. The smallest absolute Gasteiger partial charge is 0.0991 e. The Morgan fingerprint density at radius 1 is 0.708 bits per heavy atom. The van der Waals surface area contributed by atoms with Gasteiger partial charge in [0.2, 0.25) is 0 Å². The summed E-state index contributed by atoms with van der Waals surface area (Å²) in [5.41, 5.74) is 8.50. The second-order valence-corrected chi connectivity index (χ2v) is 6.11. The molecule has 0 atom stereocenters. The van der Waals surface area contributed by atoms with Crippen LogP contribution in [0.5, 0.6) is 0 Å². The van der Waals surface area contributed by atoms with Crippen molar-refractivity contribution >= 4 is 11.6 Å². The molecule has 1 nitrogen and oxygen atoms in total. The second-order valence-electron chi connectivity index (χ2n) is 6.11.